The van der Waals surface area contributed by atoms with Gasteiger partial charge in [-0.1, -0.05) is 18.3 Å². The van der Waals surface area contributed by atoms with Gasteiger partial charge in [0.2, 0.25) is 0 Å². The lowest BCUT2D eigenvalue weighted by molar-refractivity contribution is -0.383. The molecule has 0 fully saturated rings. The molecule has 0 aromatic carbocycles. The van der Waals surface area contributed by atoms with Gasteiger partial charge in [-0.15, -0.1) is 0 Å². The van der Waals surface area contributed by atoms with E-state index in [2.05, 4.69) is 5.32 Å². The maximum atomic E-state index is 12.6. The first-order chi connectivity index (χ1) is 9.57. The SMILES string of the molecule is CCNc1sc(S(=O)(=O)N(C)C(C)(C)CC)cc1[N+](=O)[O-]. The third kappa shape index (κ3) is 3.53. The minimum atomic E-state index is -3.75. The van der Waals surface area contributed by atoms with Gasteiger partial charge >= 0.3 is 5.69 Å². The maximum Gasteiger partial charge on any atom is 0.304 e. The summed E-state index contributed by atoms with van der Waals surface area (Å²) < 4.78 is 26.5. The lowest BCUT2D eigenvalue weighted by Gasteiger charge is -2.33. The minimum absolute atomic E-state index is 0.0193. The average Bonchev–Trinajstić information content (AvgIpc) is 2.83. The van der Waals surface area contributed by atoms with Crippen LogP contribution in [0.15, 0.2) is 10.3 Å². The van der Waals surface area contributed by atoms with E-state index in [0.29, 0.717) is 13.0 Å². The Labute approximate surface area is 129 Å². The van der Waals surface area contributed by atoms with Crippen LogP contribution in [-0.2, 0) is 10.0 Å². The van der Waals surface area contributed by atoms with Crippen molar-refractivity contribution >= 4 is 32.0 Å². The second-order valence-corrected chi connectivity index (χ2v) is 8.45. The van der Waals surface area contributed by atoms with Gasteiger partial charge < -0.3 is 5.32 Å². The van der Waals surface area contributed by atoms with Crippen molar-refractivity contribution in [2.75, 3.05) is 18.9 Å². The van der Waals surface area contributed by atoms with E-state index in [4.69, 9.17) is 0 Å². The van der Waals surface area contributed by atoms with Crippen molar-refractivity contribution in [1.82, 2.24) is 4.31 Å². The van der Waals surface area contributed by atoms with Crippen LogP contribution < -0.4 is 5.32 Å². The Kier molecular flexibility index (Phi) is 5.35. The van der Waals surface area contributed by atoms with Crippen molar-refractivity contribution in [2.45, 2.75) is 43.9 Å². The van der Waals surface area contributed by atoms with Gasteiger partial charge in [0, 0.05) is 25.2 Å². The highest BCUT2D eigenvalue weighted by Gasteiger charge is 2.35. The van der Waals surface area contributed by atoms with Gasteiger partial charge in [0.05, 0.1) is 4.92 Å². The lowest BCUT2D eigenvalue weighted by Crippen LogP contribution is -2.44. The second-order valence-electron chi connectivity index (χ2n) is 5.21. The summed E-state index contributed by atoms with van der Waals surface area (Å²) in [5.41, 5.74) is -0.765. The number of nitrogens with one attached hydrogen (secondary N) is 1. The molecule has 1 aromatic rings. The molecule has 0 amide bonds. The van der Waals surface area contributed by atoms with Crippen LogP contribution >= 0.6 is 11.3 Å². The predicted octanol–water partition coefficient (Wildman–Crippen LogP) is 2.90. The first-order valence-corrected chi connectivity index (χ1v) is 8.84. The number of hydrogen-bond acceptors (Lipinski definition) is 6. The number of sulfonamides is 1. The van der Waals surface area contributed by atoms with Crippen molar-refractivity contribution in [1.29, 1.82) is 0 Å². The molecule has 1 rings (SSSR count). The summed E-state index contributed by atoms with van der Waals surface area (Å²) >= 11 is 0.892. The van der Waals surface area contributed by atoms with Crippen molar-refractivity contribution in [2.24, 2.45) is 0 Å². The smallest absolute Gasteiger partial charge is 0.304 e. The summed E-state index contributed by atoms with van der Waals surface area (Å²) in [5, 5.41) is 14.1. The third-order valence-corrected chi connectivity index (χ3v) is 7.16. The largest absolute Gasteiger partial charge is 0.372 e. The van der Waals surface area contributed by atoms with E-state index in [-0.39, 0.29) is 14.9 Å². The molecule has 1 N–H and O–H groups in total. The Bertz CT molecular complexity index is 622. The van der Waals surface area contributed by atoms with Crippen LogP contribution in [-0.4, -0.2) is 36.8 Å². The molecule has 0 saturated heterocycles. The second kappa shape index (κ2) is 6.29. The maximum absolute atomic E-state index is 12.6. The highest BCUT2D eigenvalue weighted by Crippen LogP contribution is 2.39. The van der Waals surface area contributed by atoms with Crippen molar-refractivity contribution in [3.63, 3.8) is 0 Å². The van der Waals surface area contributed by atoms with Gasteiger partial charge in [-0.05, 0) is 27.2 Å². The molecule has 1 heterocycles. The fourth-order valence-electron chi connectivity index (χ4n) is 1.59. The Balaban J connectivity index is 3.33. The first-order valence-electron chi connectivity index (χ1n) is 6.59. The molecule has 21 heavy (non-hydrogen) atoms. The summed E-state index contributed by atoms with van der Waals surface area (Å²) in [6, 6.07) is 1.13. The third-order valence-electron chi connectivity index (χ3n) is 3.56. The molecule has 0 spiro atoms. The predicted molar refractivity (Wildman–Crippen MR) is 84.5 cm³/mol. The molecule has 0 aliphatic rings. The number of nitrogens with zero attached hydrogens (tertiary/aromatic N) is 2. The molecule has 7 nitrogen and oxygen atoms in total. The molecule has 0 aliphatic carbocycles. The van der Waals surface area contributed by atoms with Gasteiger partial charge in [0.1, 0.15) is 4.21 Å². The quantitative estimate of drug-likeness (QED) is 0.611. The van der Waals surface area contributed by atoms with Gasteiger partial charge in [0.15, 0.2) is 5.00 Å². The highest BCUT2D eigenvalue weighted by atomic mass is 32.2. The van der Waals surface area contributed by atoms with Crippen molar-refractivity contribution in [3.8, 4) is 0 Å². The topological polar surface area (TPSA) is 92.6 Å². The molecular weight excluding hydrogens is 314 g/mol. The van der Waals surface area contributed by atoms with E-state index >= 15 is 0 Å². The van der Waals surface area contributed by atoms with Gasteiger partial charge in [-0.2, -0.15) is 4.31 Å². The first kappa shape index (κ1) is 17.9. The molecule has 0 unspecified atom stereocenters. The Hall–Kier alpha value is -1.19. The molecule has 0 aliphatic heterocycles. The van der Waals surface area contributed by atoms with Crippen LogP contribution in [0, 0.1) is 10.1 Å². The zero-order valence-corrected chi connectivity index (χ0v) is 14.5. The number of hydrogen-bond donors (Lipinski definition) is 1. The number of nitro groups is 1. The Morgan fingerprint density at radius 3 is 2.43 bits per heavy atom. The summed E-state index contributed by atoms with van der Waals surface area (Å²) in [6.07, 6.45) is 0.635. The minimum Gasteiger partial charge on any atom is -0.372 e. The van der Waals surface area contributed by atoms with Gasteiger partial charge in [-0.25, -0.2) is 8.42 Å². The fourth-order valence-corrected chi connectivity index (χ4v) is 4.74. The number of anilines is 1. The van der Waals surface area contributed by atoms with Crippen LogP contribution in [0.4, 0.5) is 10.7 Å². The molecule has 0 atom stereocenters. The summed E-state index contributed by atoms with van der Waals surface area (Å²) in [6.45, 7) is 7.81. The average molecular weight is 335 g/mol. The van der Waals surface area contributed by atoms with Crippen LogP contribution in [0.1, 0.15) is 34.1 Å². The van der Waals surface area contributed by atoms with Crippen molar-refractivity contribution < 1.29 is 13.3 Å². The Morgan fingerprint density at radius 2 is 2.00 bits per heavy atom. The van der Waals surface area contributed by atoms with Crippen molar-refractivity contribution in [3.05, 3.63) is 16.2 Å². The van der Waals surface area contributed by atoms with Crippen LogP contribution in [0.3, 0.4) is 0 Å². The van der Waals surface area contributed by atoms with Crippen LogP contribution in [0.5, 0.6) is 0 Å². The van der Waals surface area contributed by atoms with Gasteiger partial charge in [0.25, 0.3) is 10.0 Å². The fraction of sp³-hybridized carbons (Fsp3) is 0.667. The molecule has 0 saturated carbocycles. The van der Waals surface area contributed by atoms with Crippen LogP contribution in [0.25, 0.3) is 0 Å². The van der Waals surface area contributed by atoms with E-state index in [1.165, 1.54) is 11.4 Å². The summed E-state index contributed by atoms with van der Waals surface area (Å²) in [5.74, 6) is 0. The van der Waals surface area contributed by atoms with E-state index in [1.807, 2.05) is 20.8 Å². The summed E-state index contributed by atoms with van der Waals surface area (Å²) in [4.78, 5) is 10.5. The van der Waals surface area contributed by atoms with Crippen LogP contribution in [0.2, 0.25) is 0 Å². The van der Waals surface area contributed by atoms with E-state index in [1.54, 1.807) is 6.92 Å². The molecule has 120 valence electrons. The monoisotopic (exact) mass is 335 g/mol. The molecular formula is C12H21N3O4S2. The zero-order chi connectivity index (χ0) is 16.4. The number of rotatable bonds is 7. The highest BCUT2D eigenvalue weighted by molar-refractivity contribution is 7.91. The van der Waals surface area contributed by atoms with E-state index in [0.717, 1.165) is 17.4 Å². The molecule has 1 aromatic heterocycles. The standard InChI is InChI=1S/C12H21N3O4S2/c1-6-12(3,4)14(5)21(18,19)10-8-9(15(16)17)11(20-10)13-7-2/h8,13H,6-7H2,1-5H3. The Morgan fingerprint density at radius 1 is 1.43 bits per heavy atom. The lowest BCUT2D eigenvalue weighted by atomic mass is 10.0. The van der Waals surface area contributed by atoms with E-state index in [9.17, 15) is 18.5 Å². The summed E-state index contributed by atoms with van der Waals surface area (Å²) in [7, 11) is -2.26. The molecule has 9 heteroatoms. The number of thiophene rings is 1. The zero-order valence-electron chi connectivity index (χ0n) is 12.8. The molecule has 0 radical (unpaired) electrons. The molecule has 0 bridgehead atoms. The normalized spacial score (nSPS) is 12.7. The van der Waals surface area contributed by atoms with Gasteiger partial charge in [-0.3, -0.25) is 10.1 Å². The van der Waals surface area contributed by atoms with E-state index < -0.39 is 20.5 Å².